The van der Waals surface area contributed by atoms with Crippen LogP contribution < -0.4 is 0 Å². The van der Waals surface area contributed by atoms with Gasteiger partial charge in [0.2, 0.25) is 0 Å². The van der Waals surface area contributed by atoms with Crippen LogP contribution in [0, 0.1) is 34.1 Å². The summed E-state index contributed by atoms with van der Waals surface area (Å²) < 4.78 is 0. The molecular formula is C15H43AuP2. The SMILES string of the molecule is C[CH-]C.C[CH-]C.C[CH-]C.C[PH2+]C.C[PH2+]C.[Au+3].[CH3-].[CH3-]. The van der Waals surface area contributed by atoms with Gasteiger partial charge in [-0.2, -0.15) is 41.5 Å². The Morgan fingerprint density at radius 2 is 0.500 bits per heavy atom. The first-order valence-electron chi connectivity index (χ1n) is 5.77. The second kappa shape index (κ2) is 132. The van der Waals surface area contributed by atoms with Gasteiger partial charge in [-0.25, -0.2) is 0 Å². The molecule has 0 saturated heterocycles. The average molecular weight is 482 g/mol. The summed E-state index contributed by atoms with van der Waals surface area (Å²) in [4.78, 5) is 0. The van der Waals surface area contributed by atoms with Crippen molar-refractivity contribution in [3.05, 3.63) is 34.1 Å². The Morgan fingerprint density at radius 3 is 0.500 bits per heavy atom. The van der Waals surface area contributed by atoms with Crippen molar-refractivity contribution in [2.45, 2.75) is 41.5 Å². The monoisotopic (exact) mass is 482 g/mol. The smallest absolute Gasteiger partial charge is 0.358 e. The van der Waals surface area contributed by atoms with Crippen molar-refractivity contribution in [2.24, 2.45) is 0 Å². The molecule has 0 aromatic heterocycles. The van der Waals surface area contributed by atoms with E-state index in [0.717, 1.165) is 17.2 Å². The van der Waals surface area contributed by atoms with Gasteiger partial charge in [0.15, 0.2) is 0 Å². The van der Waals surface area contributed by atoms with Crippen molar-refractivity contribution in [1.29, 1.82) is 0 Å². The van der Waals surface area contributed by atoms with Crippen molar-refractivity contribution >= 4 is 17.2 Å². The number of hydrogen-bond donors (Lipinski definition) is 0. The minimum atomic E-state index is 0. The summed E-state index contributed by atoms with van der Waals surface area (Å²) in [6, 6.07) is 0. The van der Waals surface area contributed by atoms with Crippen LogP contribution >= 0.6 is 17.2 Å². The summed E-state index contributed by atoms with van der Waals surface area (Å²) in [6.45, 7) is 20.8. The van der Waals surface area contributed by atoms with Crippen LogP contribution in [-0.4, -0.2) is 26.7 Å². The fourth-order valence-electron chi connectivity index (χ4n) is 0. The Kier molecular flexibility index (Phi) is 370. The number of rotatable bonds is 0. The summed E-state index contributed by atoms with van der Waals surface area (Å²) in [6.07, 6.45) is 6.00. The minimum Gasteiger partial charge on any atom is -0.358 e. The zero-order chi connectivity index (χ0) is 13.5. The molecule has 0 nitrogen and oxygen atoms in total. The van der Waals surface area contributed by atoms with Crippen LogP contribution in [0.4, 0.5) is 0 Å². The van der Waals surface area contributed by atoms with E-state index in [4.69, 9.17) is 0 Å². The van der Waals surface area contributed by atoms with Crippen molar-refractivity contribution in [2.75, 3.05) is 26.7 Å². The summed E-state index contributed by atoms with van der Waals surface area (Å²) in [7, 11) is 1.50. The van der Waals surface area contributed by atoms with E-state index in [9.17, 15) is 0 Å². The molecule has 0 amide bonds. The van der Waals surface area contributed by atoms with E-state index in [2.05, 4.69) is 26.7 Å². The Balaban J connectivity index is -0.0000000111. The standard InChI is InChI=1S/3C3H7.2C2H7P.2CH3.Au/c5*1-3-2;;;/h5*3H,1-2H3;2*1H3;/q3*-1;;;2*-1;+3/p+2. The van der Waals surface area contributed by atoms with Gasteiger partial charge in [-0.1, -0.05) is 0 Å². The van der Waals surface area contributed by atoms with Crippen LogP contribution in [0.1, 0.15) is 41.5 Å². The zero-order valence-corrected chi connectivity index (χ0v) is 19.7. The van der Waals surface area contributed by atoms with E-state index >= 15 is 0 Å². The molecule has 18 heavy (non-hydrogen) atoms. The molecule has 0 radical (unpaired) electrons. The maximum atomic E-state index is 2.21. The van der Waals surface area contributed by atoms with Gasteiger partial charge in [0.25, 0.3) is 0 Å². The topological polar surface area (TPSA) is 0 Å². The van der Waals surface area contributed by atoms with E-state index in [0.29, 0.717) is 0 Å². The normalized spacial score (nSPS) is 5.00. The Labute approximate surface area is 141 Å². The molecule has 124 valence electrons. The molecule has 0 aromatic rings. The van der Waals surface area contributed by atoms with Gasteiger partial charge in [-0.3, -0.25) is 0 Å². The van der Waals surface area contributed by atoms with Crippen LogP contribution in [0.3, 0.4) is 0 Å². The molecule has 3 heteroatoms. The number of hydrogen-bond acceptors (Lipinski definition) is 0. The predicted octanol–water partition coefficient (Wildman–Crippen LogP) is 5.90. The zero-order valence-electron chi connectivity index (χ0n) is 15.2. The van der Waals surface area contributed by atoms with Gasteiger partial charge in [-0.05, 0) is 17.2 Å². The summed E-state index contributed by atoms with van der Waals surface area (Å²) in [5, 5.41) is 0. The molecule has 0 bridgehead atoms. The Morgan fingerprint density at radius 1 is 0.500 bits per heavy atom. The fourth-order valence-corrected chi connectivity index (χ4v) is 0. The third-order valence-electron chi connectivity index (χ3n) is 0. The average Bonchev–Trinajstić information content (AvgIpc) is 2.09. The molecule has 0 N–H and O–H groups in total. The van der Waals surface area contributed by atoms with Crippen molar-refractivity contribution in [1.82, 2.24) is 0 Å². The summed E-state index contributed by atoms with van der Waals surface area (Å²) in [5.74, 6) is 0. The van der Waals surface area contributed by atoms with Gasteiger partial charge < -0.3 is 34.1 Å². The van der Waals surface area contributed by atoms with Crippen molar-refractivity contribution in [3.63, 3.8) is 0 Å². The molecule has 0 fully saturated rings. The molecule has 0 unspecified atom stereocenters. The second-order valence-electron chi connectivity index (χ2n) is 2.89. The van der Waals surface area contributed by atoms with E-state index in [1.54, 1.807) is 0 Å². The molecule has 0 aliphatic rings. The van der Waals surface area contributed by atoms with E-state index < -0.39 is 0 Å². The summed E-state index contributed by atoms with van der Waals surface area (Å²) >= 11 is 0. The quantitative estimate of drug-likeness (QED) is 0.229. The van der Waals surface area contributed by atoms with Gasteiger partial charge in [0.1, 0.15) is 0 Å². The van der Waals surface area contributed by atoms with Crippen LogP contribution in [-0.2, 0) is 22.4 Å². The van der Waals surface area contributed by atoms with Gasteiger partial charge in [-0.15, -0.1) is 0 Å². The van der Waals surface area contributed by atoms with Gasteiger partial charge >= 0.3 is 22.4 Å². The second-order valence-corrected chi connectivity index (χ2v) is 5.20. The van der Waals surface area contributed by atoms with E-state index in [-0.39, 0.29) is 37.2 Å². The predicted molar refractivity (Wildman–Crippen MR) is 103 cm³/mol. The molecule has 0 aromatic carbocycles. The third-order valence-corrected chi connectivity index (χ3v) is 0. The third kappa shape index (κ3) is 1890. The molecule has 0 atom stereocenters. The first kappa shape index (κ1) is 50.4. The molecular weight excluding hydrogens is 439 g/mol. The fraction of sp³-hybridized carbons (Fsp3) is 0.667. The van der Waals surface area contributed by atoms with Gasteiger partial charge in [0, 0.05) is 26.7 Å². The largest absolute Gasteiger partial charge is 3.00 e. The maximum Gasteiger partial charge on any atom is 3.00 e. The van der Waals surface area contributed by atoms with E-state index in [1.807, 2.05) is 60.8 Å². The maximum absolute atomic E-state index is 2.21. The molecule has 0 spiro atoms. The molecule has 0 aliphatic heterocycles. The molecule has 0 heterocycles. The first-order valence-corrected chi connectivity index (χ1v) is 10.4. The van der Waals surface area contributed by atoms with Crippen LogP contribution in [0.5, 0.6) is 0 Å². The van der Waals surface area contributed by atoms with E-state index in [1.165, 1.54) is 0 Å². The molecule has 0 rings (SSSR count). The molecule has 0 aliphatic carbocycles. The Hall–Kier alpha value is 1.60. The molecule has 0 saturated carbocycles. The minimum absolute atomic E-state index is 0. The Bertz CT molecular complexity index is 26.1. The van der Waals surface area contributed by atoms with Crippen molar-refractivity contribution < 1.29 is 22.4 Å². The van der Waals surface area contributed by atoms with Crippen LogP contribution in [0.2, 0.25) is 0 Å². The van der Waals surface area contributed by atoms with Crippen LogP contribution in [0.25, 0.3) is 0 Å². The van der Waals surface area contributed by atoms with Gasteiger partial charge in [0.05, 0.1) is 0 Å². The van der Waals surface area contributed by atoms with Crippen molar-refractivity contribution in [3.8, 4) is 0 Å². The van der Waals surface area contributed by atoms with Crippen LogP contribution in [0.15, 0.2) is 0 Å². The first-order chi connectivity index (χ1) is 7.07. The summed E-state index contributed by atoms with van der Waals surface area (Å²) in [5.41, 5.74) is 0.